The normalized spacial score (nSPS) is 18.4. The lowest BCUT2D eigenvalue weighted by atomic mass is 10.0. The van der Waals surface area contributed by atoms with Gasteiger partial charge in [-0.05, 0) is 23.8 Å². The third-order valence-corrected chi connectivity index (χ3v) is 3.81. The van der Waals surface area contributed by atoms with E-state index >= 15 is 0 Å². The second kappa shape index (κ2) is 3.88. The molecular weight excluding hydrogens is 267 g/mol. The van der Waals surface area contributed by atoms with Gasteiger partial charge in [0.1, 0.15) is 5.03 Å². The predicted octanol–water partition coefficient (Wildman–Crippen LogP) is 2.27. The van der Waals surface area contributed by atoms with Crippen LogP contribution in [0.2, 0.25) is 0 Å². The molecule has 0 spiro atoms. The lowest BCUT2D eigenvalue weighted by Gasteiger charge is -2.09. The fourth-order valence-corrected chi connectivity index (χ4v) is 2.52. The van der Waals surface area contributed by atoms with Crippen LogP contribution >= 0.6 is 0 Å². The van der Waals surface area contributed by atoms with Gasteiger partial charge < -0.3 is 5.73 Å². The van der Waals surface area contributed by atoms with Crippen LogP contribution in [-0.4, -0.2) is 8.42 Å². The molecule has 0 radical (unpaired) electrons. The Morgan fingerprint density at radius 1 is 1.17 bits per heavy atom. The number of nitrogens with two attached hydrogens (primary N) is 1. The van der Waals surface area contributed by atoms with Crippen LogP contribution < -0.4 is 5.73 Å². The van der Waals surface area contributed by atoms with Gasteiger partial charge in [0.15, 0.2) is 0 Å². The van der Waals surface area contributed by atoms with Gasteiger partial charge in [-0.1, -0.05) is 12.1 Å². The topological polar surface area (TPSA) is 60.2 Å². The van der Waals surface area contributed by atoms with Gasteiger partial charge in [0.05, 0.1) is 5.56 Å². The third kappa shape index (κ3) is 2.13. The van der Waals surface area contributed by atoms with E-state index in [2.05, 4.69) is 0 Å². The highest BCUT2D eigenvalue weighted by atomic mass is 32.2. The second-order valence-corrected chi connectivity index (χ2v) is 5.51. The minimum atomic E-state index is -4.48. The molecule has 0 saturated carbocycles. The zero-order valence-electron chi connectivity index (χ0n) is 8.90. The number of rotatable bonds is 1. The summed E-state index contributed by atoms with van der Waals surface area (Å²) >= 11 is 0. The summed E-state index contributed by atoms with van der Waals surface area (Å²) in [6, 6.07) is 4.36. The molecule has 2 N–H and O–H groups in total. The van der Waals surface area contributed by atoms with Gasteiger partial charge in [0.2, 0.25) is 9.84 Å². The molecular formula is C11H8F3NO2S. The molecule has 96 valence electrons. The van der Waals surface area contributed by atoms with Crippen molar-refractivity contribution < 1.29 is 21.6 Å². The molecule has 1 heterocycles. The molecule has 0 atom stereocenters. The summed E-state index contributed by atoms with van der Waals surface area (Å²) in [4.78, 5) is 0. The lowest BCUT2D eigenvalue weighted by Crippen LogP contribution is -2.08. The average molecular weight is 275 g/mol. The van der Waals surface area contributed by atoms with Gasteiger partial charge in [0.25, 0.3) is 0 Å². The molecule has 1 aromatic carbocycles. The number of allylic oxidation sites excluding steroid dienone is 2. The highest BCUT2D eigenvalue weighted by Crippen LogP contribution is 2.33. The van der Waals surface area contributed by atoms with Crippen LogP contribution in [0, 0.1) is 0 Å². The van der Waals surface area contributed by atoms with Crippen LogP contribution in [0.25, 0.3) is 5.57 Å². The quantitative estimate of drug-likeness (QED) is 0.855. The summed E-state index contributed by atoms with van der Waals surface area (Å²) in [6.07, 6.45) is -3.29. The summed E-state index contributed by atoms with van der Waals surface area (Å²) in [5.74, 6) is 0. The lowest BCUT2D eigenvalue weighted by molar-refractivity contribution is -0.137. The number of hydrogen-bond donors (Lipinski definition) is 1. The Balaban J connectivity index is 2.56. The van der Waals surface area contributed by atoms with Gasteiger partial charge in [0, 0.05) is 11.0 Å². The zero-order chi connectivity index (χ0) is 13.6. The van der Waals surface area contributed by atoms with Crippen molar-refractivity contribution in [2.45, 2.75) is 6.18 Å². The molecule has 3 nitrogen and oxygen atoms in total. The van der Waals surface area contributed by atoms with Crippen molar-refractivity contribution in [3.05, 3.63) is 51.9 Å². The van der Waals surface area contributed by atoms with Gasteiger partial charge in [-0.2, -0.15) is 13.2 Å². The first-order chi connectivity index (χ1) is 8.22. The monoisotopic (exact) mass is 275 g/mol. The molecule has 0 amide bonds. The Bertz CT molecular complexity index is 657. The Morgan fingerprint density at radius 3 is 2.33 bits per heavy atom. The van der Waals surface area contributed by atoms with Crippen molar-refractivity contribution in [1.29, 1.82) is 0 Å². The SMILES string of the molecule is NC1=C(c2cccc(C(F)(F)F)c2)C=CS1(=O)=O. The van der Waals surface area contributed by atoms with Gasteiger partial charge in [-0.25, -0.2) is 8.42 Å². The first-order valence-corrected chi connectivity index (χ1v) is 6.37. The molecule has 0 fully saturated rings. The maximum atomic E-state index is 12.5. The van der Waals surface area contributed by atoms with Crippen LogP contribution in [0.15, 0.2) is 40.8 Å². The second-order valence-electron chi connectivity index (χ2n) is 3.70. The van der Waals surface area contributed by atoms with E-state index in [0.29, 0.717) is 0 Å². The fraction of sp³-hybridized carbons (Fsp3) is 0.0909. The first-order valence-electron chi connectivity index (χ1n) is 4.82. The van der Waals surface area contributed by atoms with Crippen LogP contribution in [-0.2, 0) is 16.0 Å². The van der Waals surface area contributed by atoms with Crippen molar-refractivity contribution in [2.75, 3.05) is 0 Å². The molecule has 1 aromatic rings. The molecule has 18 heavy (non-hydrogen) atoms. The van der Waals surface area contributed by atoms with Crippen LogP contribution in [0.1, 0.15) is 11.1 Å². The van der Waals surface area contributed by atoms with Crippen LogP contribution in [0.4, 0.5) is 13.2 Å². The maximum Gasteiger partial charge on any atom is 0.416 e. The molecule has 2 rings (SSSR count). The summed E-state index contributed by atoms with van der Waals surface area (Å²) in [6.45, 7) is 0. The standard InChI is InChI=1S/C11H8F3NO2S/c12-11(13,14)8-3-1-2-7(6-8)9-4-5-18(16,17)10(9)15/h1-6H,15H2. The minimum Gasteiger partial charge on any atom is -0.389 e. The summed E-state index contributed by atoms with van der Waals surface area (Å²) < 4.78 is 60.2. The largest absolute Gasteiger partial charge is 0.416 e. The molecule has 7 heteroatoms. The highest BCUT2D eigenvalue weighted by Gasteiger charge is 2.31. The molecule has 1 aliphatic rings. The van der Waals surface area contributed by atoms with E-state index in [-0.39, 0.29) is 11.1 Å². The molecule has 0 aliphatic carbocycles. The number of sulfone groups is 1. The van der Waals surface area contributed by atoms with Crippen LogP contribution in [0.5, 0.6) is 0 Å². The van der Waals surface area contributed by atoms with Crippen molar-refractivity contribution in [1.82, 2.24) is 0 Å². The summed E-state index contributed by atoms with van der Waals surface area (Å²) in [5.41, 5.74) is 4.76. The van der Waals surface area contributed by atoms with Crippen molar-refractivity contribution in [3.8, 4) is 0 Å². The van der Waals surface area contributed by atoms with Crippen molar-refractivity contribution in [2.24, 2.45) is 5.73 Å². The number of alkyl halides is 3. The smallest absolute Gasteiger partial charge is 0.389 e. The highest BCUT2D eigenvalue weighted by molar-refractivity contribution is 7.98. The van der Waals surface area contributed by atoms with Crippen LogP contribution in [0.3, 0.4) is 0 Å². The van der Waals surface area contributed by atoms with Crippen molar-refractivity contribution in [3.63, 3.8) is 0 Å². The zero-order valence-corrected chi connectivity index (χ0v) is 9.72. The van der Waals surface area contributed by atoms with Crippen molar-refractivity contribution >= 4 is 15.4 Å². The van der Waals surface area contributed by atoms with Gasteiger partial charge in [-0.3, -0.25) is 0 Å². The minimum absolute atomic E-state index is 0.0844. The first kappa shape index (κ1) is 12.7. The van der Waals surface area contributed by atoms with Gasteiger partial charge in [-0.15, -0.1) is 0 Å². The van der Waals surface area contributed by atoms with E-state index in [1.807, 2.05) is 0 Å². The van der Waals surface area contributed by atoms with E-state index in [9.17, 15) is 21.6 Å². The van der Waals surface area contributed by atoms with E-state index in [1.165, 1.54) is 18.2 Å². The molecule has 0 bridgehead atoms. The Labute approximate surface area is 101 Å². The van der Waals surface area contributed by atoms with E-state index in [4.69, 9.17) is 5.73 Å². The Morgan fingerprint density at radius 2 is 1.83 bits per heavy atom. The molecule has 0 unspecified atom stereocenters. The molecule has 0 aromatic heterocycles. The molecule has 0 saturated heterocycles. The Hall–Kier alpha value is -1.76. The average Bonchev–Trinajstić information content (AvgIpc) is 2.53. The Kier molecular flexibility index (Phi) is 2.73. The number of halogens is 3. The fourth-order valence-electron chi connectivity index (χ4n) is 1.57. The number of benzene rings is 1. The summed E-state index contributed by atoms with van der Waals surface area (Å²) in [5, 5.41) is 0.444. The number of hydrogen-bond acceptors (Lipinski definition) is 3. The molecule has 1 aliphatic heterocycles. The predicted molar refractivity (Wildman–Crippen MR) is 60.6 cm³/mol. The van der Waals surface area contributed by atoms with Gasteiger partial charge >= 0.3 is 6.18 Å². The van der Waals surface area contributed by atoms with E-state index in [1.54, 1.807) is 0 Å². The van der Waals surface area contributed by atoms with E-state index in [0.717, 1.165) is 17.5 Å². The third-order valence-electron chi connectivity index (χ3n) is 2.49. The van der Waals surface area contributed by atoms with E-state index < -0.39 is 26.6 Å². The summed E-state index contributed by atoms with van der Waals surface area (Å²) in [7, 11) is -3.68. The maximum absolute atomic E-state index is 12.5.